The zero-order valence-electron chi connectivity index (χ0n) is 11.1. The number of hydrogen-bond acceptors (Lipinski definition) is 4. The minimum absolute atomic E-state index is 0.122. The Balaban J connectivity index is 2.25. The smallest absolute Gasteiger partial charge is 0.276 e. The predicted molar refractivity (Wildman–Crippen MR) is 80.6 cm³/mol. The normalized spacial score (nSPS) is 9.25. The molecule has 3 N–H and O–H groups in total. The molecule has 1 rings (SSSR count). The number of rotatable bonds is 6. The largest absolute Gasteiger partial charge is 0.497 e. The first kappa shape index (κ1) is 15.8. The predicted octanol–water partition coefficient (Wildman–Crippen LogP) is 0.755. The molecule has 0 radical (unpaired) electrons. The summed E-state index contributed by atoms with van der Waals surface area (Å²) in [6.45, 7) is 3.93. The minimum atomic E-state index is -0.344. The van der Waals surface area contributed by atoms with Gasteiger partial charge in [-0.05, 0) is 36.5 Å². The molecule has 0 aliphatic heterocycles. The number of carbonyl (C=O) groups excluding carboxylic acids is 1. The van der Waals surface area contributed by atoms with Crippen LogP contribution in [-0.4, -0.2) is 31.3 Å². The third kappa shape index (κ3) is 6.05. The van der Waals surface area contributed by atoms with Crippen LogP contribution in [-0.2, 0) is 4.79 Å². The van der Waals surface area contributed by atoms with Gasteiger partial charge in [-0.2, -0.15) is 0 Å². The highest BCUT2D eigenvalue weighted by atomic mass is 32.1. The van der Waals surface area contributed by atoms with E-state index in [0.29, 0.717) is 17.4 Å². The molecule has 0 aromatic heterocycles. The van der Waals surface area contributed by atoms with Crippen LogP contribution in [0.3, 0.4) is 0 Å². The fraction of sp³-hybridized carbons (Fsp3) is 0.231. The van der Waals surface area contributed by atoms with Crippen LogP contribution in [0.2, 0.25) is 0 Å². The van der Waals surface area contributed by atoms with Crippen LogP contribution in [0.4, 0.5) is 0 Å². The molecule has 20 heavy (non-hydrogen) atoms. The van der Waals surface area contributed by atoms with Crippen LogP contribution >= 0.6 is 12.2 Å². The fourth-order valence-electron chi connectivity index (χ4n) is 1.19. The van der Waals surface area contributed by atoms with Gasteiger partial charge >= 0.3 is 0 Å². The lowest BCUT2D eigenvalue weighted by atomic mass is 10.3. The van der Waals surface area contributed by atoms with E-state index in [2.05, 4.69) is 22.7 Å². The van der Waals surface area contributed by atoms with Crippen molar-refractivity contribution in [3.05, 3.63) is 36.9 Å². The van der Waals surface area contributed by atoms with Crippen molar-refractivity contribution in [1.29, 1.82) is 0 Å². The van der Waals surface area contributed by atoms with Crippen molar-refractivity contribution in [2.24, 2.45) is 0 Å². The van der Waals surface area contributed by atoms with Gasteiger partial charge in [-0.3, -0.25) is 15.6 Å². The topological polar surface area (TPSA) is 71.6 Å². The monoisotopic (exact) mass is 295 g/mol. The maximum atomic E-state index is 11.5. The minimum Gasteiger partial charge on any atom is -0.497 e. The molecule has 1 amide bonds. The molecule has 0 unspecified atom stereocenters. The van der Waals surface area contributed by atoms with Gasteiger partial charge in [-0.1, -0.05) is 6.08 Å². The van der Waals surface area contributed by atoms with E-state index in [4.69, 9.17) is 21.7 Å². The Hall–Kier alpha value is -2.28. The highest BCUT2D eigenvalue weighted by Gasteiger charge is 2.03. The van der Waals surface area contributed by atoms with Gasteiger partial charge < -0.3 is 14.8 Å². The molecule has 7 heteroatoms. The Morgan fingerprint density at radius 1 is 1.30 bits per heavy atom. The lowest BCUT2D eigenvalue weighted by molar-refractivity contribution is -0.123. The van der Waals surface area contributed by atoms with E-state index in [0.717, 1.165) is 5.75 Å². The average molecular weight is 295 g/mol. The van der Waals surface area contributed by atoms with Gasteiger partial charge in [0.25, 0.3) is 5.91 Å². The fourth-order valence-corrected chi connectivity index (χ4v) is 1.33. The van der Waals surface area contributed by atoms with Crippen LogP contribution < -0.4 is 25.6 Å². The van der Waals surface area contributed by atoms with Crippen LogP contribution in [0, 0.1) is 0 Å². The number of thiocarbonyl (C=S) groups is 1. The Morgan fingerprint density at radius 2 is 1.95 bits per heavy atom. The Morgan fingerprint density at radius 3 is 2.55 bits per heavy atom. The van der Waals surface area contributed by atoms with E-state index in [1.165, 1.54) is 0 Å². The van der Waals surface area contributed by atoms with Crippen LogP contribution in [0.15, 0.2) is 36.9 Å². The summed E-state index contributed by atoms with van der Waals surface area (Å²) >= 11 is 4.90. The number of benzene rings is 1. The second kappa shape index (κ2) is 8.76. The molecule has 0 bridgehead atoms. The Bertz CT molecular complexity index is 462. The average Bonchev–Trinajstić information content (AvgIpc) is 2.49. The van der Waals surface area contributed by atoms with Crippen molar-refractivity contribution in [2.75, 3.05) is 20.3 Å². The van der Waals surface area contributed by atoms with Gasteiger partial charge in [0.1, 0.15) is 11.5 Å². The first-order valence-electron chi connectivity index (χ1n) is 5.86. The molecule has 108 valence electrons. The lowest BCUT2D eigenvalue weighted by Crippen LogP contribution is -2.48. The zero-order valence-corrected chi connectivity index (χ0v) is 12.0. The van der Waals surface area contributed by atoms with E-state index in [1.807, 2.05) is 0 Å². The number of nitrogens with one attached hydrogen (secondary N) is 3. The summed E-state index contributed by atoms with van der Waals surface area (Å²) in [6, 6.07) is 6.94. The van der Waals surface area contributed by atoms with E-state index in [-0.39, 0.29) is 12.5 Å². The SMILES string of the molecule is C=CCNC(=S)NNC(=O)COc1ccc(OC)cc1. The molecule has 1 aromatic carbocycles. The van der Waals surface area contributed by atoms with Gasteiger partial charge in [0.2, 0.25) is 0 Å². The first-order chi connectivity index (χ1) is 9.65. The second-order valence-electron chi connectivity index (χ2n) is 3.64. The van der Waals surface area contributed by atoms with E-state index in [1.54, 1.807) is 37.5 Å². The number of methoxy groups -OCH3 is 1. The molecular weight excluding hydrogens is 278 g/mol. The summed E-state index contributed by atoms with van der Waals surface area (Å²) in [7, 11) is 1.58. The van der Waals surface area contributed by atoms with E-state index in [9.17, 15) is 4.79 Å². The maximum Gasteiger partial charge on any atom is 0.276 e. The summed E-state index contributed by atoms with van der Waals surface area (Å²) in [5, 5.41) is 3.12. The molecule has 0 heterocycles. The van der Waals surface area contributed by atoms with Crippen molar-refractivity contribution >= 4 is 23.2 Å². The standard InChI is InChI=1S/C13H17N3O3S/c1-3-8-14-13(20)16-15-12(17)9-19-11-6-4-10(18-2)5-7-11/h3-7H,1,8-9H2,2H3,(H,15,17)(H2,14,16,20). The van der Waals surface area contributed by atoms with Gasteiger partial charge in [0.15, 0.2) is 11.7 Å². The van der Waals surface area contributed by atoms with E-state index < -0.39 is 0 Å². The number of ether oxygens (including phenoxy) is 2. The third-order valence-electron chi connectivity index (χ3n) is 2.15. The zero-order chi connectivity index (χ0) is 14.8. The molecule has 0 aliphatic rings. The van der Waals surface area contributed by atoms with Crippen molar-refractivity contribution in [3.63, 3.8) is 0 Å². The van der Waals surface area contributed by atoms with Crippen LogP contribution in [0.1, 0.15) is 0 Å². The lowest BCUT2D eigenvalue weighted by Gasteiger charge is -2.11. The number of hydrazine groups is 1. The first-order valence-corrected chi connectivity index (χ1v) is 6.27. The van der Waals surface area contributed by atoms with E-state index >= 15 is 0 Å². The Kier molecular flexibility index (Phi) is 6.91. The van der Waals surface area contributed by atoms with Gasteiger partial charge in [0.05, 0.1) is 7.11 Å². The molecule has 0 aliphatic carbocycles. The highest BCUT2D eigenvalue weighted by Crippen LogP contribution is 2.16. The quantitative estimate of drug-likeness (QED) is 0.409. The van der Waals surface area contributed by atoms with Crippen LogP contribution in [0.5, 0.6) is 11.5 Å². The summed E-state index contributed by atoms with van der Waals surface area (Å²) in [5.41, 5.74) is 4.95. The Labute approximate surface area is 123 Å². The van der Waals surface area contributed by atoms with Gasteiger partial charge in [-0.25, -0.2) is 0 Å². The van der Waals surface area contributed by atoms with Crippen molar-refractivity contribution < 1.29 is 14.3 Å². The highest BCUT2D eigenvalue weighted by molar-refractivity contribution is 7.80. The molecule has 0 fully saturated rings. The molecule has 0 saturated carbocycles. The van der Waals surface area contributed by atoms with Crippen molar-refractivity contribution in [3.8, 4) is 11.5 Å². The molecule has 1 aromatic rings. The molecule has 0 spiro atoms. The molecule has 6 nitrogen and oxygen atoms in total. The summed E-state index contributed by atoms with van der Waals surface area (Å²) in [5.74, 6) is 0.957. The second-order valence-corrected chi connectivity index (χ2v) is 4.04. The number of carbonyl (C=O) groups is 1. The molecule has 0 saturated heterocycles. The van der Waals surface area contributed by atoms with Crippen LogP contribution in [0.25, 0.3) is 0 Å². The molecule has 0 atom stereocenters. The summed E-state index contributed by atoms with van der Waals surface area (Å²) in [4.78, 5) is 11.5. The van der Waals surface area contributed by atoms with Gasteiger partial charge in [-0.15, -0.1) is 6.58 Å². The molecular formula is C13H17N3O3S. The van der Waals surface area contributed by atoms with Crippen molar-refractivity contribution in [2.45, 2.75) is 0 Å². The third-order valence-corrected chi connectivity index (χ3v) is 2.40. The van der Waals surface area contributed by atoms with Crippen molar-refractivity contribution in [1.82, 2.24) is 16.2 Å². The summed E-state index contributed by atoms with van der Waals surface area (Å²) < 4.78 is 10.3. The van der Waals surface area contributed by atoms with Gasteiger partial charge in [0, 0.05) is 6.54 Å². The summed E-state index contributed by atoms with van der Waals surface area (Å²) in [6.07, 6.45) is 1.66. The maximum absolute atomic E-state index is 11.5. The number of hydrogen-bond donors (Lipinski definition) is 3. The number of amides is 1.